The van der Waals surface area contributed by atoms with Crippen LogP contribution in [-0.2, 0) is 4.74 Å². The quantitative estimate of drug-likeness (QED) is 0.377. The van der Waals surface area contributed by atoms with Crippen LogP contribution < -0.4 is 15.4 Å². The molecular formula is C26H30ClF2N5O3. The number of anilines is 1. The fourth-order valence-corrected chi connectivity index (χ4v) is 4.88. The van der Waals surface area contributed by atoms with Crippen molar-refractivity contribution < 1.29 is 22.8 Å². The van der Waals surface area contributed by atoms with Gasteiger partial charge in [0, 0.05) is 23.7 Å². The van der Waals surface area contributed by atoms with Crippen LogP contribution in [0.3, 0.4) is 0 Å². The number of rotatable bonds is 9. The molecule has 8 nitrogen and oxygen atoms in total. The zero-order valence-electron chi connectivity index (χ0n) is 21.0. The molecule has 37 heavy (non-hydrogen) atoms. The summed E-state index contributed by atoms with van der Waals surface area (Å²) in [6.07, 6.45) is 0.647. The molecule has 11 heteroatoms. The fourth-order valence-electron chi connectivity index (χ4n) is 4.68. The van der Waals surface area contributed by atoms with Crippen LogP contribution in [0.4, 0.5) is 14.6 Å². The molecule has 1 unspecified atom stereocenters. The highest BCUT2D eigenvalue weighted by Crippen LogP contribution is 2.38. The monoisotopic (exact) mass is 533 g/mol. The normalized spacial score (nSPS) is 20.6. The van der Waals surface area contributed by atoms with Crippen LogP contribution in [0.15, 0.2) is 22.7 Å². The Balaban J connectivity index is 1.61. The van der Waals surface area contributed by atoms with Crippen molar-refractivity contribution in [1.29, 1.82) is 0 Å². The van der Waals surface area contributed by atoms with Gasteiger partial charge in [-0.1, -0.05) is 16.8 Å². The maximum Gasteiger partial charge on any atom is 0.163 e. The van der Waals surface area contributed by atoms with Crippen molar-refractivity contribution in [3.05, 3.63) is 40.2 Å². The number of nitrogens with zero attached hydrogens (tertiary/aromatic N) is 3. The summed E-state index contributed by atoms with van der Waals surface area (Å²) in [4.78, 5) is 9.68. The third-order valence-electron chi connectivity index (χ3n) is 7.10. The third kappa shape index (κ3) is 5.15. The molecule has 2 atom stereocenters. The third-order valence-corrected chi connectivity index (χ3v) is 7.43. The minimum absolute atomic E-state index is 0.105. The molecule has 2 aliphatic heterocycles. The van der Waals surface area contributed by atoms with Gasteiger partial charge in [-0.3, -0.25) is 8.78 Å². The summed E-state index contributed by atoms with van der Waals surface area (Å²) in [6, 6.07) is 4.83. The van der Waals surface area contributed by atoms with E-state index in [-0.39, 0.29) is 12.6 Å². The molecule has 2 saturated heterocycles. The van der Waals surface area contributed by atoms with Gasteiger partial charge in [-0.05, 0) is 51.9 Å². The van der Waals surface area contributed by atoms with Gasteiger partial charge in [-0.25, -0.2) is 9.97 Å². The van der Waals surface area contributed by atoms with E-state index in [1.807, 2.05) is 20.8 Å². The predicted octanol–water partition coefficient (Wildman–Crippen LogP) is 4.85. The summed E-state index contributed by atoms with van der Waals surface area (Å²) < 4.78 is 44.8. The second-order valence-corrected chi connectivity index (χ2v) is 10.2. The molecule has 3 aromatic rings. The van der Waals surface area contributed by atoms with E-state index in [0.29, 0.717) is 71.3 Å². The molecule has 4 heterocycles. The van der Waals surface area contributed by atoms with Crippen LogP contribution in [-0.4, -0.2) is 66.9 Å². The van der Waals surface area contributed by atoms with Crippen molar-refractivity contribution in [2.75, 3.05) is 45.0 Å². The highest BCUT2D eigenvalue weighted by molar-refractivity contribution is 6.33. The Labute approximate surface area is 219 Å². The van der Waals surface area contributed by atoms with Crippen molar-refractivity contribution in [3.8, 4) is 28.4 Å². The molecular weight excluding hydrogens is 504 g/mol. The van der Waals surface area contributed by atoms with Gasteiger partial charge in [0.25, 0.3) is 0 Å². The highest BCUT2D eigenvalue weighted by Gasteiger charge is 2.42. The van der Waals surface area contributed by atoms with Gasteiger partial charge in [0.2, 0.25) is 0 Å². The molecule has 0 amide bonds. The summed E-state index contributed by atoms with van der Waals surface area (Å²) in [7, 11) is 0. The fraction of sp³-hybridized carbons (Fsp3) is 0.500. The van der Waals surface area contributed by atoms with Crippen molar-refractivity contribution in [2.24, 2.45) is 5.41 Å². The second-order valence-electron chi connectivity index (χ2n) is 9.77. The molecule has 198 valence electrons. The van der Waals surface area contributed by atoms with Crippen LogP contribution in [0, 0.1) is 26.2 Å². The van der Waals surface area contributed by atoms with Gasteiger partial charge in [0.15, 0.2) is 5.82 Å². The Hall–Kier alpha value is -2.82. The molecule has 2 fully saturated rings. The van der Waals surface area contributed by atoms with E-state index in [0.717, 1.165) is 11.1 Å². The molecule has 1 aromatic carbocycles. The average molecular weight is 534 g/mol. The second kappa shape index (κ2) is 10.5. The van der Waals surface area contributed by atoms with Crippen molar-refractivity contribution in [1.82, 2.24) is 20.4 Å². The Morgan fingerprint density at radius 2 is 2.00 bits per heavy atom. The average Bonchev–Trinajstić information content (AvgIpc) is 3.68. The van der Waals surface area contributed by atoms with Crippen molar-refractivity contribution in [3.63, 3.8) is 0 Å². The number of hydrogen-bond acceptors (Lipinski definition) is 8. The zero-order valence-corrected chi connectivity index (χ0v) is 21.8. The van der Waals surface area contributed by atoms with Crippen LogP contribution in [0.25, 0.3) is 22.6 Å². The van der Waals surface area contributed by atoms with E-state index >= 15 is 0 Å². The maximum absolute atomic E-state index is 14.2. The molecule has 2 N–H and O–H groups in total. The topological polar surface area (TPSA) is 97.6 Å². The van der Waals surface area contributed by atoms with Crippen LogP contribution in [0.2, 0.25) is 5.02 Å². The lowest BCUT2D eigenvalue weighted by Crippen LogP contribution is -2.56. The lowest BCUT2D eigenvalue weighted by Gasteiger charge is -2.41. The van der Waals surface area contributed by atoms with Crippen molar-refractivity contribution >= 4 is 17.4 Å². The van der Waals surface area contributed by atoms with E-state index in [1.54, 1.807) is 18.2 Å². The molecule has 5 rings (SSSR count). The minimum atomic E-state index is -1.19. The summed E-state index contributed by atoms with van der Waals surface area (Å²) in [5, 5.41) is 11.0. The Bertz CT molecular complexity index is 1260. The number of halogens is 3. The Morgan fingerprint density at radius 3 is 2.68 bits per heavy atom. The number of alkyl halides is 2. The number of ether oxygens (including phenoxy) is 2. The van der Waals surface area contributed by atoms with E-state index < -0.39 is 24.8 Å². The number of piperidine rings is 1. The number of aromatic nitrogens is 3. The first-order valence-electron chi connectivity index (χ1n) is 12.3. The SMILES string of the molecule is Cc1noc(C)c1-c1nc(-c2cc(OC[C@H]3CO3)ccc2Cl)nc(NC2CCNCC2(CF)CF)c1C. The van der Waals surface area contributed by atoms with E-state index in [9.17, 15) is 8.78 Å². The Morgan fingerprint density at radius 1 is 1.22 bits per heavy atom. The van der Waals surface area contributed by atoms with E-state index in [2.05, 4.69) is 15.8 Å². The largest absolute Gasteiger partial charge is 0.491 e. The van der Waals surface area contributed by atoms with Gasteiger partial charge in [0.1, 0.15) is 43.4 Å². The molecule has 0 spiro atoms. The number of benzene rings is 1. The van der Waals surface area contributed by atoms with Crippen LogP contribution in [0.1, 0.15) is 23.4 Å². The van der Waals surface area contributed by atoms with E-state index in [1.165, 1.54) is 0 Å². The first kappa shape index (κ1) is 25.8. The maximum atomic E-state index is 14.2. The standard InChI is InChI=1S/C26H30ClF2N5O3/c1-14-23(22-15(2)34-37-16(22)3)32-25(19-8-17(4-5-20(19)27)35-9-18-10-36-18)33-24(14)31-21-6-7-30-13-26(21,11-28)12-29/h4-5,8,18,21,30H,6-7,9-13H2,1-3H3,(H,31,32,33)/t18-,21?/m0/s1. The van der Waals surface area contributed by atoms with Gasteiger partial charge in [-0.2, -0.15) is 0 Å². The molecule has 2 aliphatic rings. The smallest absolute Gasteiger partial charge is 0.163 e. The van der Waals surface area contributed by atoms with Crippen LogP contribution in [0.5, 0.6) is 5.75 Å². The van der Waals surface area contributed by atoms with Gasteiger partial charge < -0.3 is 24.6 Å². The first-order valence-corrected chi connectivity index (χ1v) is 12.7. The van der Waals surface area contributed by atoms with Crippen LogP contribution >= 0.6 is 11.6 Å². The number of nitrogens with one attached hydrogen (secondary N) is 2. The molecule has 0 radical (unpaired) electrons. The molecule has 0 aliphatic carbocycles. The molecule has 0 bridgehead atoms. The molecule has 2 aromatic heterocycles. The predicted molar refractivity (Wildman–Crippen MR) is 137 cm³/mol. The summed E-state index contributed by atoms with van der Waals surface area (Å²) >= 11 is 6.60. The first-order chi connectivity index (χ1) is 17.8. The number of epoxide rings is 1. The van der Waals surface area contributed by atoms with Gasteiger partial charge >= 0.3 is 0 Å². The number of aryl methyl sites for hydroxylation is 2. The minimum Gasteiger partial charge on any atom is -0.491 e. The number of hydrogen-bond donors (Lipinski definition) is 2. The van der Waals surface area contributed by atoms with Gasteiger partial charge in [-0.15, -0.1) is 0 Å². The lowest BCUT2D eigenvalue weighted by molar-refractivity contribution is 0.0989. The summed E-state index contributed by atoms with van der Waals surface area (Å²) in [5.74, 6) is 2.04. The zero-order chi connectivity index (χ0) is 26.2. The van der Waals surface area contributed by atoms with Crippen molar-refractivity contribution in [2.45, 2.75) is 39.3 Å². The summed E-state index contributed by atoms with van der Waals surface area (Å²) in [5.41, 5.74) is 2.13. The Kier molecular flexibility index (Phi) is 7.33. The lowest BCUT2D eigenvalue weighted by atomic mass is 9.78. The van der Waals surface area contributed by atoms with E-state index in [4.69, 9.17) is 35.6 Å². The van der Waals surface area contributed by atoms with Gasteiger partial charge in [0.05, 0.1) is 34.0 Å². The molecule has 0 saturated carbocycles. The highest BCUT2D eigenvalue weighted by atomic mass is 35.5. The summed E-state index contributed by atoms with van der Waals surface area (Å²) in [6.45, 7) is 5.95.